The lowest BCUT2D eigenvalue weighted by Gasteiger charge is -2.20. The first-order chi connectivity index (χ1) is 4.86. The Morgan fingerprint density at radius 3 is 3.60 bits per heavy atom. The first-order valence-electron chi connectivity index (χ1n) is 3.56. The zero-order chi connectivity index (χ0) is 6.97. The molecule has 56 valence electrons. The normalized spacial score (nSPS) is 18.9. The smallest absolute Gasteiger partial charge is 0.0524 e. The third-order valence-electron chi connectivity index (χ3n) is 2.00. The van der Waals surface area contributed by atoms with E-state index in [2.05, 4.69) is 22.1 Å². The molecular weight excluding hydrogens is 126 g/mol. The molecule has 0 saturated heterocycles. The minimum Gasteiger partial charge on any atom is -0.300 e. The lowest BCUT2D eigenvalue weighted by molar-refractivity contribution is 0.309. The molecule has 0 atom stereocenters. The maximum absolute atomic E-state index is 3.99. The maximum Gasteiger partial charge on any atom is 0.0524 e. The van der Waals surface area contributed by atoms with Crippen LogP contribution in [-0.2, 0) is 13.0 Å². The van der Waals surface area contributed by atoms with Crippen LogP contribution in [0.4, 0.5) is 0 Å². The zero-order valence-electron chi connectivity index (χ0n) is 6.09. The largest absolute Gasteiger partial charge is 0.300 e. The molecule has 0 bridgehead atoms. The number of aromatic nitrogens is 2. The van der Waals surface area contributed by atoms with E-state index in [1.807, 2.05) is 6.20 Å². The number of fused-ring (bicyclic) bond motifs is 1. The van der Waals surface area contributed by atoms with E-state index in [1.54, 1.807) is 0 Å². The van der Waals surface area contributed by atoms with Gasteiger partial charge in [-0.2, -0.15) is 5.10 Å². The monoisotopic (exact) mass is 139 g/mol. The Bertz CT molecular complexity index is 233. The summed E-state index contributed by atoms with van der Waals surface area (Å²) in [5.74, 6) is 0. The molecule has 1 aliphatic rings. The van der Waals surface area contributed by atoms with Crippen molar-refractivity contribution in [2.24, 2.45) is 0 Å². The van der Waals surface area contributed by atoms with Crippen LogP contribution in [0.5, 0.6) is 0 Å². The van der Waals surface area contributed by atoms with Crippen molar-refractivity contribution in [3.63, 3.8) is 0 Å². The Hall–Kier alpha value is -0.830. The summed E-state index contributed by atoms with van der Waals surface area (Å²) in [4.78, 5) is 2.29. The maximum atomic E-state index is 3.99. The van der Waals surface area contributed by atoms with Gasteiger partial charge in [0.15, 0.2) is 0 Å². The predicted octanol–water partition coefficient (Wildman–Crippen LogP) is 0.644. The fraction of sp³-hybridized carbons (Fsp3) is 0.571. The molecule has 1 aromatic rings. The number of hydrogen-bond acceptors (Lipinski definition) is 2. The van der Waals surface area contributed by atoms with E-state index in [0.717, 1.165) is 19.5 Å². The summed E-state index contributed by atoms with van der Waals surface area (Å²) >= 11 is 0. The minimum absolute atomic E-state index is 0. The van der Waals surface area contributed by atoms with E-state index in [-0.39, 0.29) is 1.43 Å². The van der Waals surface area contributed by atoms with Crippen LogP contribution in [-0.4, -0.2) is 28.7 Å². The van der Waals surface area contributed by atoms with E-state index in [0.29, 0.717) is 0 Å². The molecule has 10 heavy (non-hydrogen) atoms. The van der Waals surface area contributed by atoms with Crippen molar-refractivity contribution >= 4 is 0 Å². The SMILES string of the molecule is CN1CCc2cn[nH]c2C1.[HH]. The highest BCUT2D eigenvalue weighted by Crippen LogP contribution is 2.13. The van der Waals surface area contributed by atoms with E-state index in [4.69, 9.17) is 0 Å². The van der Waals surface area contributed by atoms with Gasteiger partial charge in [0, 0.05) is 14.5 Å². The Morgan fingerprint density at radius 1 is 1.80 bits per heavy atom. The summed E-state index contributed by atoms with van der Waals surface area (Å²) in [5.41, 5.74) is 2.67. The number of nitrogens with zero attached hydrogens (tertiary/aromatic N) is 2. The Labute approximate surface area is 61.5 Å². The molecule has 3 heteroatoms. The van der Waals surface area contributed by atoms with Gasteiger partial charge in [-0.1, -0.05) is 0 Å². The third-order valence-corrected chi connectivity index (χ3v) is 2.00. The number of likely N-dealkylation sites (N-methyl/N-ethyl adjacent to an activating group) is 1. The summed E-state index contributed by atoms with van der Waals surface area (Å²) in [6, 6.07) is 0. The predicted molar refractivity (Wildman–Crippen MR) is 40.7 cm³/mol. The van der Waals surface area contributed by atoms with Crippen LogP contribution < -0.4 is 0 Å². The third kappa shape index (κ3) is 0.827. The molecule has 2 rings (SSSR count). The van der Waals surface area contributed by atoms with Crippen molar-refractivity contribution in [1.29, 1.82) is 0 Å². The van der Waals surface area contributed by atoms with Crippen molar-refractivity contribution in [3.8, 4) is 0 Å². The minimum atomic E-state index is 0. The van der Waals surface area contributed by atoms with Crippen molar-refractivity contribution in [2.75, 3.05) is 13.6 Å². The summed E-state index contributed by atoms with van der Waals surface area (Å²) < 4.78 is 0. The standard InChI is InChI=1S/C7H11N3.H2/c1-10-3-2-6-4-8-9-7(6)5-10;/h4H,2-3,5H2,1H3,(H,8,9);1H. The molecule has 0 aliphatic carbocycles. The zero-order valence-corrected chi connectivity index (χ0v) is 6.09. The fourth-order valence-electron chi connectivity index (χ4n) is 1.35. The molecule has 2 heterocycles. The van der Waals surface area contributed by atoms with Crippen LogP contribution in [0.15, 0.2) is 6.20 Å². The summed E-state index contributed by atoms with van der Waals surface area (Å²) in [6.07, 6.45) is 3.07. The van der Waals surface area contributed by atoms with Gasteiger partial charge in [-0.05, 0) is 19.0 Å². The lowest BCUT2D eigenvalue weighted by atomic mass is 10.1. The average Bonchev–Trinajstić information content (AvgIpc) is 2.33. The van der Waals surface area contributed by atoms with E-state index < -0.39 is 0 Å². The highest BCUT2D eigenvalue weighted by atomic mass is 15.2. The molecule has 0 amide bonds. The fourth-order valence-corrected chi connectivity index (χ4v) is 1.35. The van der Waals surface area contributed by atoms with E-state index in [1.165, 1.54) is 11.3 Å². The van der Waals surface area contributed by atoms with Crippen molar-refractivity contribution in [2.45, 2.75) is 13.0 Å². The van der Waals surface area contributed by atoms with Crippen molar-refractivity contribution < 1.29 is 1.43 Å². The second-order valence-corrected chi connectivity index (χ2v) is 2.86. The molecule has 0 aromatic carbocycles. The highest BCUT2D eigenvalue weighted by molar-refractivity contribution is 5.18. The molecule has 1 aliphatic heterocycles. The van der Waals surface area contributed by atoms with Gasteiger partial charge in [0.25, 0.3) is 0 Å². The Balaban J connectivity index is 0.000000605. The summed E-state index contributed by atoms with van der Waals surface area (Å²) in [7, 11) is 2.13. The summed E-state index contributed by atoms with van der Waals surface area (Å²) in [6.45, 7) is 2.18. The lowest BCUT2D eigenvalue weighted by Crippen LogP contribution is -2.25. The second kappa shape index (κ2) is 2.09. The molecular formula is C7H13N3. The van der Waals surface area contributed by atoms with Crippen LogP contribution in [0.2, 0.25) is 0 Å². The van der Waals surface area contributed by atoms with Crippen LogP contribution in [0, 0.1) is 0 Å². The highest BCUT2D eigenvalue weighted by Gasteiger charge is 2.13. The van der Waals surface area contributed by atoms with Gasteiger partial charge in [-0.25, -0.2) is 0 Å². The summed E-state index contributed by atoms with van der Waals surface area (Å²) in [5, 5.41) is 6.98. The van der Waals surface area contributed by atoms with Gasteiger partial charge in [-0.15, -0.1) is 0 Å². The molecule has 1 N–H and O–H groups in total. The average molecular weight is 139 g/mol. The number of rotatable bonds is 0. The molecule has 0 spiro atoms. The molecule has 0 radical (unpaired) electrons. The van der Waals surface area contributed by atoms with Gasteiger partial charge in [0.1, 0.15) is 0 Å². The van der Waals surface area contributed by atoms with Gasteiger partial charge in [0.05, 0.1) is 11.9 Å². The Kier molecular flexibility index (Phi) is 1.24. The molecule has 3 nitrogen and oxygen atoms in total. The first kappa shape index (κ1) is 5.92. The molecule has 0 saturated carbocycles. The number of hydrogen-bond donors (Lipinski definition) is 1. The van der Waals surface area contributed by atoms with E-state index in [9.17, 15) is 0 Å². The van der Waals surface area contributed by atoms with E-state index >= 15 is 0 Å². The quantitative estimate of drug-likeness (QED) is 0.572. The van der Waals surface area contributed by atoms with Crippen molar-refractivity contribution in [1.82, 2.24) is 15.1 Å². The topological polar surface area (TPSA) is 31.9 Å². The van der Waals surface area contributed by atoms with Gasteiger partial charge in [-0.3, -0.25) is 5.10 Å². The van der Waals surface area contributed by atoms with Crippen molar-refractivity contribution in [3.05, 3.63) is 17.5 Å². The molecule has 0 fully saturated rings. The number of H-pyrrole nitrogens is 1. The number of aromatic amines is 1. The van der Waals surface area contributed by atoms with Gasteiger partial charge < -0.3 is 4.90 Å². The first-order valence-corrected chi connectivity index (χ1v) is 3.56. The Morgan fingerprint density at radius 2 is 2.70 bits per heavy atom. The second-order valence-electron chi connectivity index (χ2n) is 2.86. The van der Waals surface area contributed by atoms with Gasteiger partial charge in [0.2, 0.25) is 0 Å². The van der Waals surface area contributed by atoms with Gasteiger partial charge >= 0.3 is 0 Å². The van der Waals surface area contributed by atoms with Crippen LogP contribution in [0.25, 0.3) is 0 Å². The van der Waals surface area contributed by atoms with Crippen LogP contribution in [0.1, 0.15) is 12.7 Å². The van der Waals surface area contributed by atoms with Crippen LogP contribution in [0.3, 0.4) is 0 Å². The molecule has 1 aromatic heterocycles. The number of nitrogens with one attached hydrogen (secondary N) is 1. The molecule has 0 unspecified atom stereocenters. The van der Waals surface area contributed by atoms with Crippen LogP contribution >= 0.6 is 0 Å².